The lowest BCUT2D eigenvalue weighted by Gasteiger charge is -1.95. The van der Waals surface area contributed by atoms with E-state index in [-0.39, 0.29) is 0 Å². The molecule has 0 saturated heterocycles. The van der Waals surface area contributed by atoms with E-state index in [0.29, 0.717) is 6.61 Å². The molecule has 0 aromatic heterocycles. The van der Waals surface area contributed by atoms with E-state index in [9.17, 15) is 0 Å². The summed E-state index contributed by atoms with van der Waals surface area (Å²) in [6.45, 7) is 2.58. The molecule has 1 aromatic carbocycles. The quantitative estimate of drug-likeness (QED) is 0.700. The fourth-order valence-corrected chi connectivity index (χ4v) is 1.28. The van der Waals surface area contributed by atoms with Gasteiger partial charge in [0.05, 0.1) is 0 Å². The summed E-state index contributed by atoms with van der Waals surface area (Å²) in [6.07, 6.45) is 7.50. The van der Waals surface area contributed by atoms with Gasteiger partial charge in [-0.05, 0) is 6.42 Å². The SMILES string of the molecule is CCCCCCCCO.c1ccccc1. The van der Waals surface area contributed by atoms with Gasteiger partial charge in [0, 0.05) is 6.61 Å². The van der Waals surface area contributed by atoms with Gasteiger partial charge in [0.2, 0.25) is 0 Å². The third kappa shape index (κ3) is 13.2. The molecule has 0 aliphatic rings. The molecule has 1 heteroatoms. The first-order chi connectivity index (χ1) is 7.41. The van der Waals surface area contributed by atoms with Crippen LogP contribution in [0.1, 0.15) is 45.4 Å². The van der Waals surface area contributed by atoms with Gasteiger partial charge in [0.1, 0.15) is 0 Å². The molecule has 1 rings (SSSR count). The van der Waals surface area contributed by atoms with Crippen molar-refractivity contribution in [2.75, 3.05) is 6.61 Å². The minimum Gasteiger partial charge on any atom is -0.396 e. The van der Waals surface area contributed by atoms with Crippen molar-refractivity contribution in [1.82, 2.24) is 0 Å². The van der Waals surface area contributed by atoms with Crippen molar-refractivity contribution in [2.45, 2.75) is 45.4 Å². The zero-order valence-corrected chi connectivity index (χ0v) is 9.86. The minimum absolute atomic E-state index is 0.367. The highest BCUT2D eigenvalue weighted by molar-refractivity contribution is 4.99. The predicted molar refractivity (Wildman–Crippen MR) is 66.9 cm³/mol. The van der Waals surface area contributed by atoms with Crippen molar-refractivity contribution < 1.29 is 5.11 Å². The van der Waals surface area contributed by atoms with Crippen molar-refractivity contribution >= 4 is 0 Å². The van der Waals surface area contributed by atoms with Gasteiger partial charge in [0.25, 0.3) is 0 Å². The number of benzene rings is 1. The Kier molecular flexibility index (Phi) is 12.5. The third-order valence-corrected chi connectivity index (χ3v) is 2.18. The number of hydrogen-bond acceptors (Lipinski definition) is 1. The summed E-state index contributed by atoms with van der Waals surface area (Å²) in [5.74, 6) is 0. The van der Waals surface area contributed by atoms with E-state index in [1.165, 1.54) is 32.1 Å². The van der Waals surface area contributed by atoms with E-state index in [0.717, 1.165) is 6.42 Å². The molecule has 1 nitrogen and oxygen atoms in total. The van der Waals surface area contributed by atoms with Gasteiger partial charge in [-0.1, -0.05) is 75.4 Å². The van der Waals surface area contributed by atoms with Crippen LogP contribution in [0.25, 0.3) is 0 Å². The standard InChI is InChI=1S/C8H18O.C6H6/c1-2-3-4-5-6-7-8-9;1-2-4-6-5-3-1/h9H,2-8H2,1H3;1-6H. The first-order valence-electron chi connectivity index (χ1n) is 6.02. The number of aliphatic hydroxyl groups is 1. The summed E-state index contributed by atoms with van der Waals surface area (Å²) in [4.78, 5) is 0. The Morgan fingerprint density at radius 3 is 1.47 bits per heavy atom. The highest BCUT2D eigenvalue weighted by atomic mass is 16.2. The zero-order chi connectivity index (χ0) is 11.2. The van der Waals surface area contributed by atoms with Gasteiger partial charge < -0.3 is 5.11 Å². The largest absolute Gasteiger partial charge is 0.396 e. The molecule has 0 bridgehead atoms. The molecule has 0 heterocycles. The molecule has 0 radical (unpaired) electrons. The lowest BCUT2D eigenvalue weighted by Crippen LogP contribution is -1.82. The van der Waals surface area contributed by atoms with Gasteiger partial charge in [-0.3, -0.25) is 0 Å². The fraction of sp³-hybridized carbons (Fsp3) is 0.571. The molecule has 0 fully saturated rings. The topological polar surface area (TPSA) is 20.2 Å². The summed E-state index contributed by atoms with van der Waals surface area (Å²) >= 11 is 0. The van der Waals surface area contributed by atoms with Crippen LogP contribution in [0.5, 0.6) is 0 Å². The number of hydrogen-bond donors (Lipinski definition) is 1. The molecule has 0 atom stereocenters. The normalized spacial score (nSPS) is 9.20. The van der Waals surface area contributed by atoms with E-state index in [2.05, 4.69) is 6.92 Å². The maximum Gasteiger partial charge on any atom is 0.0431 e. The number of aliphatic hydroxyl groups excluding tert-OH is 1. The Labute approximate surface area is 94.2 Å². The smallest absolute Gasteiger partial charge is 0.0431 e. The van der Waals surface area contributed by atoms with Crippen molar-refractivity contribution in [3.8, 4) is 0 Å². The number of unbranched alkanes of at least 4 members (excludes halogenated alkanes) is 5. The van der Waals surface area contributed by atoms with Gasteiger partial charge in [-0.15, -0.1) is 0 Å². The van der Waals surface area contributed by atoms with Crippen LogP contribution >= 0.6 is 0 Å². The first-order valence-corrected chi connectivity index (χ1v) is 6.02. The van der Waals surface area contributed by atoms with Crippen LogP contribution < -0.4 is 0 Å². The summed E-state index contributed by atoms with van der Waals surface area (Å²) in [7, 11) is 0. The average Bonchev–Trinajstić information content (AvgIpc) is 2.32. The maximum atomic E-state index is 8.42. The van der Waals surface area contributed by atoms with Crippen molar-refractivity contribution in [2.24, 2.45) is 0 Å². The Hall–Kier alpha value is -0.820. The van der Waals surface area contributed by atoms with Gasteiger partial charge in [-0.2, -0.15) is 0 Å². The second-order valence-electron chi connectivity index (χ2n) is 3.65. The molecular formula is C14H24O. The molecule has 0 saturated carbocycles. The maximum absolute atomic E-state index is 8.42. The molecule has 0 unspecified atom stereocenters. The van der Waals surface area contributed by atoms with Crippen LogP contribution in [0.4, 0.5) is 0 Å². The van der Waals surface area contributed by atoms with Crippen LogP contribution in [0.15, 0.2) is 36.4 Å². The van der Waals surface area contributed by atoms with Gasteiger partial charge >= 0.3 is 0 Å². The van der Waals surface area contributed by atoms with Crippen molar-refractivity contribution in [3.63, 3.8) is 0 Å². The lowest BCUT2D eigenvalue weighted by atomic mass is 10.1. The second-order valence-corrected chi connectivity index (χ2v) is 3.65. The molecule has 0 aliphatic carbocycles. The molecule has 86 valence electrons. The Bertz CT molecular complexity index is 151. The molecule has 1 aromatic rings. The Morgan fingerprint density at radius 1 is 0.667 bits per heavy atom. The zero-order valence-electron chi connectivity index (χ0n) is 9.86. The Morgan fingerprint density at radius 2 is 1.07 bits per heavy atom. The summed E-state index contributed by atoms with van der Waals surface area (Å²) in [6, 6.07) is 12.0. The average molecular weight is 208 g/mol. The van der Waals surface area contributed by atoms with Crippen molar-refractivity contribution in [3.05, 3.63) is 36.4 Å². The van der Waals surface area contributed by atoms with Crippen LogP contribution in [0, 0.1) is 0 Å². The number of rotatable bonds is 6. The molecule has 0 amide bonds. The van der Waals surface area contributed by atoms with E-state index >= 15 is 0 Å². The summed E-state index contributed by atoms with van der Waals surface area (Å²) in [5.41, 5.74) is 0. The van der Waals surface area contributed by atoms with E-state index < -0.39 is 0 Å². The van der Waals surface area contributed by atoms with E-state index in [1.807, 2.05) is 36.4 Å². The highest BCUT2D eigenvalue weighted by Gasteiger charge is 1.86. The van der Waals surface area contributed by atoms with Gasteiger partial charge in [0.15, 0.2) is 0 Å². The second kappa shape index (κ2) is 13.2. The summed E-state index contributed by atoms with van der Waals surface area (Å²) < 4.78 is 0. The summed E-state index contributed by atoms with van der Waals surface area (Å²) in [5, 5.41) is 8.42. The molecule has 15 heavy (non-hydrogen) atoms. The molecule has 0 spiro atoms. The molecule has 1 N–H and O–H groups in total. The molecule has 0 aliphatic heterocycles. The lowest BCUT2D eigenvalue weighted by molar-refractivity contribution is 0.282. The first kappa shape index (κ1) is 14.2. The van der Waals surface area contributed by atoms with Crippen molar-refractivity contribution in [1.29, 1.82) is 0 Å². The van der Waals surface area contributed by atoms with Crippen LogP contribution in [0.2, 0.25) is 0 Å². The van der Waals surface area contributed by atoms with E-state index in [1.54, 1.807) is 0 Å². The monoisotopic (exact) mass is 208 g/mol. The predicted octanol–water partition coefficient (Wildman–Crippen LogP) is 4.03. The fourth-order valence-electron chi connectivity index (χ4n) is 1.28. The van der Waals surface area contributed by atoms with Crippen LogP contribution in [0.3, 0.4) is 0 Å². The van der Waals surface area contributed by atoms with Crippen LogP contribution in [-0.4, -0.2) is 11.7 Å². The minimum atomic E-state index is 0.367. The van der Waals surface area contributed by atoms with Crippen LogP contribution in [-0.2, 0) is 0 Å². The molecular weight excluding hydrogens is 184 g/mol. The third-order valence-electron chi connectivity index (χ3n) is 2.18. The Balaban J connectivity index is 0.000000280. The van der Waals surface area contributed by atoms with Gasteiger partial charge in [-0.25, -0.2) is 0 Å². The highest BCUT2D eigenvalue weighted by Crippen LogP contribution is 2.03. The van der Waals surface area contributed by atoms with E-state index in [4.69, 9.17) is 5.11 Å².